The molecule has 0 bridgehead atoms. The van der Waals surface area contributed by atoms with E-state index < -0.39 is 5.91 Å². The number of hydrogen-bond donors (Lipinski definition) is 3. The normalized spacial score (nSPS) is 10.3. The Bertz CT molecular complexity index is 1130. The van der Waals surface area contributed by atoms with Gasteiger partial charge in [0, 0.05) is 10.9 Å². The highest BCUT2D eigenvalue weighted by molar-refractivity contribution is 7.14. The lowest BCUT2D eigenvalue weighted by atomic mass is 10.1. The summed E-state index contributed by atoms with van der Waals surface area (Å²) in [5, 5.41) is 7.36. The minimum absolute atomic E-state index is 0.0319. The van der Waals surface area contributed by atoms with Gasteiger partial charge in [0.1, 0.15) is 0 Å². The molecule has 1 aromatic heterocycles. The van der Waals surface area contributed by atoms with Crippen LogP contribution in [0.3, 0.4) is 0 Å². The zero-order chi connectivity index (χ0) is 22.4. The fourth-order valence-corrected chi connectivity index (χ4v) is 3.46. The Balaban J connectivity index is 1.63. The topological polar surface area (TPSA) is 133 Å². The van der Waals surface area contributed by atoms with Crippen LogP contribution in [0.5, 0.6) is 11.5 Å². The van der Waals surface area contributed by atoms with Crippen LogP contribution < -0.4 is 25.8 Å². The fourth-order valence-electron chi connectivity index (χ4n) is 2.76. The molecule has 0 saturated carbocycles. The summed E-state index contributed by atoms with van der Waals surface area (Å²) in [7, 11) is 3.00. The Hall–Kier alpha value is -3.92. The first-order valence-corrected chi connectivity index (χ1v) is 9.95. The van der Waals surface area contributed by atoms with Gasteiger partial charge in [-0.2, -0.15) is 0 Å². The van der Waals surface area contributed by atoms with Crippen molar-refractivity contribution in [3.63, 3.8) is 0 Å². The van der Waals surface area contributed by atoms with E-state index in [2.05, 4.69) is 15.6 Å². The van der Waals surface area contributed by atoms with Gasteiger partial charge in [-0.05, 0) is 30.3 Å². The molecule has 0 unspecified atom stereocenters. The van der Waals surface area contributed by atoms with Gasteiger partial charge in [0.05, 0.1) is 37.6 Å². The monoisotopic (exact) mass is 440 g/mol. The Morgan fingerprint density at radius 2 is 1.77 bits per heavy atom. The number of nitrogens with one attached hydrogen (secondary N) is 2. The number of methoxy groups -OCH3 is 2. The smallest absolute Gasteiger partial charge is 0.257 e. The van der Waals surface area contributed by atoms with E-state index in [0.29, 0.717) is 33.6 Å². The van der Waals surface area contributed by atoms with Gasteiger partial charge in [-0.15, -0.1) is 11.3 Å². The van der Waals surface area contributed by atoms with Crippen LogP contribution in [0.25, 0.3) is 0 Å². The number of benzene rings is 2. The lowest BCUT2D eigenvalue weighted by molar-refractivity contribution is -0.115. The molecule has 0 aliphatic carbocycles. The predicted molar refractivity (Wildman–Crippen MR) is 117 cm³/mol. The molecule has 10 heteroatoms. The molecule has 0 saturated heterocycles. The summed E-state index contributed by atoms with van der Waals surface area (Å²) >= 11 is 1.19. The Labute approximate surface area is 182 Å². The summed E-state index contributed by atoms with van der Waals surface area (Å²) < 4.78 is 10.4. The van der Waals surface area contributed by atoms with Gasteiger partial charge in [0.25, 0.3) is 11.8 Å². The van der Waals surface area contributed by atoms with Gasteiger partial charge >= 0.3 is 0 Å². The van der Waals surface area contributed by atoms with E-state index in [1.165, 1.54) is 31.6 Å². The van der Waals surface area contributed by atoms with E-state index >= 15 is 0 Å². The lowest BCUT2D eigenvalue weighted by Gasteiger charge is -2.09. The molecule has 160 valence electrons. The number of ether oxygens (including phenoxy) is 2. The number of aromatic nitrogens is 1. The Morgan fingerprint density at radius 3 is 2.48 bits per heavy atom. The number of nitrogens with zero attached hydrogens (tertiary/aromatic N) is 1. The standard InChI is InChI=1S/C21H20N4O5S/c1-29-16-8-7-12(9-17(16)30-2)20(28)25-21-23-13(11-31-21)10-18(26)24-15-6-4-3-5-14(15)19(22)27/h3-9,11H,10H2,1-2H3,(H2,22,27)(H,24,26)(H,23,25,28). The van der Waals surface area contributed by atoms with Crippen molar-refractivity contribution >= 4 is 39.9 Å². The summed E-state index contributed by atoms with van der Waals surface area (Å²) in [4.78, 5) is 40.6. The molecule has 0 aliphatic rings. The molecule has 3 amide bonds. The fraction of sp³-hybridized carbons (Fsp3) is 0.143. The average Bonchev–Trinajstić information content (AvgIpc) is 3.19. The number of amides is 3. The molecule has 2 aromatic carbocycles. The molecule has 1 heterocycles. The van der Waals surface area contributed by atoms with Crippen molar-refractivity contribution in [2.45, 2.75) is 6.42 Å². The van der Waals surface area contributed by atoms with Gasteiger partial charge < -0.3 is 20.5 Å². The largest absolute Gasteiger partial charge is 0.493 e. The summed E-state index contributed by atoms with van der Waals surface area (Å²) in [5.41, 5.74) is 6.71. The summed E-state index contributed by atoms with van der Waals surface area (Å²) in [6, 6.07) is 11.3. The van der Waals surface area contributed by atoms with Crippen LogP contribution in [-0.4, -0.2) is 36.9 Å². The van der Waals surface area contributed by atoms with Crippen molar-refractivity contribution in [2.24, 2.45) is 5.73 Å². The van der Waals surface area contributed by atoms with E-state index in [0.717, 1.165) is 0 Å². The summed E-state index contributed by atoms with van der Waals surface area (Å²) in [6.45, 7) is 0. The second-order valence-electron chi connectivity index (χ2n) is 6.30. The number of para-hydroxylation sites is 1. The highest BCUT2D eigenvalue weighted by Crippen LogP contribution is 2.28. The molecule has 0 spiro atoms. The lowest BCUT2D eigenvalue weighted by Crippen LogP contribution is -2.19. The minimum Gasteiger partial charge on any atom is -0.493 e. The third-order valence-electron chi connectivity index (χ3n) is 4.23. The van der Waals surface area contributed by atoms with Crippen LogP contribution in [0.4, 0.5) is 10.8 Å². The Morgan fingerprint density at radius 1 is 1.03 bits per heavy atom. The number of carbonyl (C=O) groups is 3. The van der Waals surface area contributed by atoms with Crippen LogP contribution >= 0.6 is 11.3 Å². The highest BCUT2D eigenvalue weighted by atomic mass is 32.1. The third kappa shape index (κ3) is 5.37. The van der Waals surface area contributed by atoms with Crippen molar-refractivity contribution in [1.82, 2.24) is 4.98 Å². The molecule has 0 aliphatic heterocycles. The number of nitrogens with two attached hydrogens (primary N) is 1. The van der Waals surface area contributed by atoms with Crippen molar-refractivity contribution in [3.05, 3.63) is 64.7 Å². The molecule has 31 heavy (non-hydrogen) atoms. The zero-order valence-corrected chi connectivity index (χ0v) is 17.6. The maximum Gasteiger partial charge on any atom is 0.257 e. The highest BCUT2D eigenvalue weighted by Gasteiger charge is 2.15. The number of carbonyl (C=O) groups excluding carboxylic acids is 3. The number of rotatable bonds is 8. The van der Waals surface area contributed by atoms with Crippen molar-refractivity contribution < 1.29 is 23.9 Å². The minimum atomic E-state index is -0.635. The molecule has 0 fully saturated rings. The molecule has 9 nitrogen and oxygen atoms in total. The van der Waals surface area contributed by atoms with Gasteiger partial charge in [0.15, 0.2) is 16.6 Å². The third-order valence-corrected chi connectivity index (χ3v) is 5.03. The quantitative estimate of drug-likeness (QED) is 0.493. The average molecular weight is 440 g/mol. The first kappa shape index (κ1) is 21.8. The second kappa shape index (κ2) is 9.72. The van der Waals surface area contributed by atoms with Gasteiger partial charge in [-0.3, -0.25) is 19.7 Å². The van der Waals surface area contributed by atoms with Gasteiger partial charge in [0.2, 0.25) is 5.91 Å². The van der Waals surface area contributed by atoms with Gasteiger partial charge in [-0.25, -0.2) is 4.98 Å². The second-order valence-corrected chi connectivity index (χ2v) is 7.16. The molecule has 0 atom stereocenters. The molecule has 4 N–H and O–H groups in total. The molecular weight excluding hydrogens is 420 g/mol. The van der Waals surface area contributed by atoms with E-state index in [1.807, 2.05) is 0 Å². The van der Waals surface area contributed by atoms with E-state index in [1.54, 1.807) is 41.8 Å². The van der Waals surface area contributed by atoms with E-state index in [-0.39, 0.29) is 23.8 Å². The first-order chi connectivity index (χ1) is 14.9. The van der Waals surface area contributed by atoms with E-state index in [4.69, 9.17) is 15.2 Å². The van der Waals surface area contributed by atoms with Gasteiger partial charge in [-0.1, -0.05) is 12.1 Å². The van der Waals surface area contributed by atoms with Crippen LogP contribution in [0, 0.1) is 0 Å². The van der Waals surface area contributed by atoms with Crippen LogP contribution in [0.1, 0.15) is 26.4 Å². The van der Waals surface area contributed by atoms with E-state index in [9.17, 15) is 14.4 Å². The first-order valence-electron chi connectivity index (χ1n) is 9.07. The maximum absolute atomic E-state index is 12.5. The van der Waals surface area contributed by atoms with Crippen LogP contribution in [-0.2, 0) is 11.2 Å². The summed E-state index contributed by atoms with van der Waals surface area (Å²) in [5.74, 6) is -0.425. The van der Waals surface area contributed by atoms with Crippen molar-refractivity contribution in [3.8, 4) is 11.5 Å². The SMILES string of the molecule is COc1ccc(C(=O)Nc2nc(CC(=O)Nc3ccccc3C(N)=O)cs2)cc1OC. The number of anilines is 2. The summed E-state index contributed by atoms with van der Waals surface area (Å²) in [6.07, 6.45) is -0.0319. The van der Waals surface area contributed by atoms with Crippen molar-refractivity contribution in [1.29, 1.82) is 0 Å². The van der Waals surface area contributed by atoms with Crippen molar-refractivity contribution in [2.75, 3.05) is 24.9 Å². The maximum atomic E-state index is 12.5. The van der Waals surface area contributed by atoms with Crippen LogP contribution in [0.15, 0.2) is 47.8 Å². The molecule has 0 radical (unpaired) electrons. The molecular formula is C21H20N4O5S. The predicted octanol–water partition coefficient (Wildman–Crippen LogP) is 2.69. The number of primary amides is 1. The van der Waals surface area contributed by atoms with Crippen LogP contribution in [0.2, 0.25) is 0 Å². The molecule has 3 rings (SSSR count). The molecule has 3 aromatic rings. The number of thiazole rings is 1. The Kier molecular flexibility index (Phi) is 6.83. The number of hydrogen-bond acceptors (Lipinski definition) is 7. The zero-order valence-electron chi connectivity index (χ0n) is 16.8.